The third-order valence-corrected chi connectivity index (χ3v) is 2.62. The van der Waals surface area contributed by atoms with Gasteiger partial charge in [-0.25, -0.2) is 5.48 Å². The Morgan fingerprint density at radius 3 is 2.28 bits per heavy atom. The van der Waals surface area contributed by atoms with Crippen molar-refractivity contribution in [1.82, 2.24) is 5.48 Å². The van der Waals surface area contributed by atoms with Crippen molar-refractivity contribution in [3.63, 3.8) is 0 Å². The summed E-state index contributed by atoms with van der Waals surface area (Å²) in [5, 5.41) is 0. The van der Waals surface area contributed by atoms with E-state index < -0.39 is 16.3 Å². The second-order valence-electron chi connectivity index (χ2n) is 3.98. The molecule has 18 heavy (non-hydrogen) atoms. The number of unbranched alkanes of at least 4 members (excludes halogenated alkanes) is 6. The normalized spacial score (nSPS) is 11.2. The fraction of sp³-hybridized carbons (Fsp3) is 0.727. The van der Waals surface area contributed by atoms with Gasteiger partial charge in [0.1, 0.15) is 0 Å². The molecule has 0 unspecified atom stereocenters. The van der Waals surface area contributed by atoms with Crippen LogP contribution in [-0.2, 0) is 19.5 Å². The van der Waals surface area contributed by atoms with Gasteiger partial charge in [-0.3, -0.25) is 9.35 Å². The Kier molecular flexibility index (Phi) is 9.53. The summed E-state index contributed by atoms with van der Waals surface area (Å²) in [5.74, 6) is -0.556. The number of amides is 1. The summed E-state index contributed by atoms with van der Waals surface area (Å²) < 4.78 is 32.2. The smallest absolute Gasteiger partial charge is 0.273 e. The van der Waals surface area contributed by atoms with E-state index in [1.807, 2.05) is 6.08 Å². The third kappa shape index (κ3) is 13.1. The highest BCUT2D eigenvalue weighted by atomic mass is 32.3. The lowest BCUT2D eigenvalue weighted by atomic mass is 10.1. The van der Waals surface area contributed by atoms with Gasteiger partial charge in [0.2, 0.25) is 5.91 Å². The predicted octanol–water partition coefficient (Wildman–Crippen LogP) is 2.14. The molecule has 0 bridgehead atoms. The van der Waals surface area contributed by atoms with E-state index in [4.69, 9.17) is 4.55 Å². The first-order valence-electron chi connectivity index (χ1n) is 6.01. The van der Waals surface area contributed by atoms with E-state index in [1.165, 1.54) is 0 Å². The Balaban J connectivity index is 3.33. The van der Waals surface area contributed by atoms with E-state index in [2.05, 4.69) is 10.9 Å². The van der Waals surface area contributed by atoms with Gasteiger partial charge < -0.3 is 0 Å². The summed E-state index contributed by atoms with van der Waals surface area (Å²) in [6.45, 7) is 3.65. The number of hydroxylamine groups is 1. The molecule has 0 saturated heterocycles. The number of carbonyl (C=O) groups is 1. The highest BCUT2D eigenvalue weighted by molar-refractivity contribution is 7.80. The predicted molar refractivity (Wildman–Crippen MR) is 67.9 cm³/mol. The van der Waals surface area contributed by atoms with Crippen LogP contribution in [0.4, 0.5) is 0 Å². The van der Waals surface area contributed by atoms with Crippen molar-refractivity contribution >= 4 is 16.3 Å². The molecule has 0 aromatic rings. The van der Waals surface area contributed by atoms with E-state index >= 15 is 0 Å². The van der Waals surface area contributed by atoms with Gasteiger partial charge >= 0.3 is 10.4 Å². The number of hydrogen-bond donors (Lipinski definition) is 2. The summed E-state index contributed by atoms with van der Waals surface area (Å²) in [5.41, 5.74) is 1.65. The van der Waals surface area contributed by atoms with E-state index in [0.29, 0.717) is 6.42 Å². The molecule has 0 radical (unpaired) electrons. The van der Waals surface area contributed by atoms with Crippen LogP contribution in [0.1, 0.15) is 51.4 Å². The molecule has 2 N–H and O–H groups in total. The van der Waals surface area contributed by atoms with Gasteiger partial charge in [-0.2, -0.15) is 8.42 Å². The van der Waals surface area contributed by atoms with Crippen LogP contribution < -0.4 is 5.48 Å². The quantitative estimate of drug-likeness (QED) is 0.261. The molecule has 1 amide bonds. The highest BCUT2D eigenvalue weighted by Gasteiger charge is 2.08. The highest BCUT2D eigenvalue weighted by Crippen LogP contribution is 2.08. The monoisotopic (exact) mass is 279 g/mol. The number of nitrogens with one attached hydrogen (secondary N) is 1. The number of rotatable bonds is 11. The minimum Gasteiger partial charge on any atom is -0.273 e. The fourth-order valence-corrected chi connectivity index (χ4v) is 1.63. The minimum atomic E-state index is -4.61. The van der Waals surface area contributed by atoms with Crippen molar-refractivity contribution in [1.29, 1.82) is 0 Å². The third-order valence-electron chi connectivity index (χ3n) is 2.32. The number of allylic oxidation sites excluding steroid dienone is 1. The molecule has 0 fully saturated rings. The van der Waals surface area contributed by atoms with Gasteiger partial charge in [0, 0.05) is 6.42 Å². The molecule has 0 atom stereocenters. The first-order valence-corrected chi connectivity index (χ1v) is 7.38. The maximum absolute atomic E-state index is 11.0. The molecule has 0 aliphatic heterocycles. The van der Waals surface area contributed by atoms with Crippen LogP contribution in [0, 0.1) is 0 Å². The Morgan fingerprint density at radius 1 is 1.17 bits per heavy atom. The molecule has 0 heterocycles. The summed E-state index contributed by atoms with van der Waals surface area (Å²) in [6.07, 6.45) is 9.17. The second-order valence-corrected chi connectivity index (χ2v) is 5.01. The summed E-state index contributed by atoms with van der Waals surface area (Å²) in [6, 6.07) is 0. The molecule has 7 heteroatoms. The lowest BCUT2D eigenvalue weighted by molar-refractivity contribution is -0.127. The van der Waals surface area contributed by atoms with Crippen LogP contribution in [0.5, 0.6) is 0 Å². The van der Waals surface area contributed by atoms with Gasteiger partial charge in [0.15, 0.2) is 0 Å². The average molecular weight is 279 g/mol. The second kappa shape index (κ2) is 10.0. The zero-order chi connectivity index (χ0) is 13.9. The Morgan fingerprint density at radius 2 is 1.72 bits per heavy atom. The SMILES string of the molecule is C=CCCCCCCCCC(=O)NOS(=O)(=O)O. The van der Waals surface area contributed by atoms with E-state index in [1.54, 1.807) is 5.48 Å². The molecule has 0 aromatic heterocycles. The maximum Gasteiger partial charge on any atom is 0.418 e. The molecule has 6 nitrogen and oxygen atoms in total. The maximum atomic E-state index is 11.0. The fourth-order valence-electron chi connectivity index (χ4n) is 1.43. The van der Waals surface area contributed by atoms with Crippen molar-refractivity contribution in [3.05, 3.63) is 12.7 Å². The van der Waals surface area contributed by atoms with Crippen LogP contribution in [0.3, 0.4) is 0 Å². The Hall–Kier alpha value is -0.920. The topological polar surface area (TPSA) is 92.7 Å². The average Bonchev–Trinajstić information content (AvgIpc) is 2.29. The van der Waals surface area contributed by atoms with Gasteiger partial charge in [-0.1, -0.05) is 31.8 Å². The van der Waals surface area contributed by atoms with E-state index in [0.717, 1.165) is 38.5 Å². The van der Waals surface area contributed by atoms with E-state index in [-0.39, 0.29) is 6.42 Å². The molecule has 0 aliphatic rings. The largest absolute Gasteiger partial charge is 0.418 e. The molecule has 106 valence electrons. The summed E-state index contributed by atoms with van der Waals surface area (Å²) in [4.78, 5) is 11.0. The lowest BCUT2D eigenvalue weighted by Gasteiger charge is -2.02. The van der Waals surface area contributed by atoms with E-state index in [9.17, 15) is 13.2 Å². The zero-order valence-corrected chi connectivity index (χ0v) is 11.2. The summed E-state index contributed by atoms with van der Waals surface area (Å²) >= 11 is 0. The van der Waals surface area contributed by atoms with Crippen LogP contribution >= 0.6 is 0 Å². The number of carbonyl (C=O) groups excluding carboxylic acids is 1. The van der Waals surface area contributed by atoms with Crippen molar-refractivity contribution in [3.8, 4) is 0 Å². The molecule has 0 spiro atoms. The van der Waals surface area contributed by atoms with Gasteiger partial charge in [-0.15, -0.1) is 10.9 Å². The zero-order valence-electron chi connectivity index (χ0n) is 10.4. The molecule has 0 saturated carbocycles. The van der Waals surface area contributed by atoms with Crippen molar-refractivity contribution in [2.75, 3.05) is 0 Å². The molecule has 0 aliphatic carbocycles. The van der Waals surface area contributed by atoms with Gasteiger partial charge in [-0.05, 0) is 19.3 Å². The van der Waals surface area contributed by atoms with Crippen molar-refractivity contribution in [2.45, 2.75) is 51.4 Å². The number of hydrogen-bond acceptors (Lipinski definition) is 4. The minimum absolute atomic E-state index is 0.183. The Labute approximate surface area is 108 Å². The van der Waals surface area contributed by atoms with Crippen LogP contribution in [0.15, 0.2) is 12.7 Å². The van der Waals surface area contributed by atoms with Crippen LogP contribution in [0.2, 0.25) is 0 Å². The van der Waals surface area contributed by atoms with Crippen molar-refractivity contribution in [2.24, 2.45) is 0 Å². The molecular formula is C11H21NO5S. The molecule has 0 rings (SSSR count). The Bertz CT molecular complexity index is 339. The molecular weight excluding hydrogens is 258 g/mol. The summed E-state index contributed by atoms with van der Waals surface area (Å²) in [7, 11) is -4.61. The standard InChI is InChI=1S/C11H21NO5S/c1-2-3-4-5-6-7-8-9-10-11(13)12-17-18(14,15)16/h2H,1,3-10H2,(H,12,13)(H,14,15,16). The van der Waals surface area contributed by atoms with Crippen molar-refractivity contribution < 1.29 is 22.0 Å². The first-order chi connectivity index (χ1) is 8.45. The lowest BCUT2D eigenvalue weighted by Crippen LogP contribution is -2.26. The molecule has 0 aromatic carbocycles. The van der Waals surface area contributed by atoms with Gasteiger partial charge in [0.25, 0.3) is 0 Å². The van der Waals surface area contributed by atoms with Crippen LogP contribution in [0.25, 0.3) is 0 Å². The van der Waals surface area contributed by atoms with Crippen LogP contribution in [-0.4, -0.2) is 18.9 Å². The van der Waals surface area contributed by atoms with Gasteiger partial charge in [0.05, 0.1) is 0 Å². The first kappa shape index (κ1) is 17.1.